The summed E-state index contributed by atoms with van der Waals surface area (Å²) < 4.78 is 27.7. The van der Waals surface area contributed by atoms with Crippen molar-refractivity contribution in [3.05, 3.63) is 68.7 Å². The van der Waals surface area contributed by atoms with E-state index in [0.717, 1.165) is 11.1 Å². The van der Waals surface area contributed by atoms with Crippen molar-refractivity contribution in [2.75, 3.05) is 0 Å². The second-order valence-corrected chi connectivity index (χ2v) is 6.37. The summed E-state index contributed by atoms with van der Waals surface area (Å²) in [7, 11) is 0. The lowest BCUT2D eigenvalue weighted by Gasteiger charge is -2.14. The van der Waals surface area contributed by atoms with Crippen molar-refractivity contribution in [2.24, 2.45) is 0 Å². The van der Waals surface area contributed by atoms with Crippen molar-refractivity contribution in [2.45, 2.75) is 18.7 Å². The van der Waals surface area contributed by atoms with Gasteiger partial charge >= 0.3 is 0 Å². The minimum absolute atomic E-state index is 0.169. The molecule has 0 saturated carbocycles. The fourth-order valence-corrected chi connectivity index (χ4v) is 3.05. The molecule has 19 heavy (non-hydrogen) atoms. The van der Waals surface area contributed by atoms with E-state index < -0.39 is 0 Å². The van der Waals surface area contributed by atoms with Gasteiger partial charge in [0.05, 0.1) is 4.83 Å². The van der Waals surface area contributed by atoms with E-state index in [4.69, 9.17) is 0 Å². The van der Waals surface area contributed by atoms with Crippen molar-refractivity contribution >= 4 is 31.9 Å². The maximum atomic E-state index is 13.6. The summed E-state index contributed by atoms with van der Waals surface area (Å²) >= 11 is 6.82. The van der Waals surface area contributed by atoms with E-state index in [9.17, 15) is 8.78 Å². The summed E-state index contributed by atoms with van der Waals surface area (Å²) in [4.78, 5) is -0.169. The molecule has 0 aliphatic heterocycles. The number of benzene rings is 2. The number of hydrogen-bond donors (Lipinski definition) is 0. The molecular weight excluding hydrogens is 378 g/mol. The van der Waals surface area contributed by atoms with Crippen LogP contribution < -0.4 is 0 Å². The zero-order valence-corrected chi connectivity index (χ0v) is 13.6. The predicted molar refractivity (Wildman–Crippen MR) is 80.7 cm³/mol. The Bertz CT molecular complexity index is 580. The molecular formula is C15H12Br2F2. The third kappa shape index (κ3) is 3.23. The third-order valence-electron chi connectivity index (χ3n) is 2.93. The van der Waals surface area contributed by atoms with Crippen LogP contribution >= 0.6 is 31.9 Å². The fraction of sp³-hybridized carbons (Fsp3) is 0.200. The van der Waals surface area contributed by atoms with Crippen LogP contribution in [0.4, 0.5) is 8.78 Å². The van der Waals surface area contributed by atoms with Gasteiger partial charge < -0.3 is 0 Å². The highest BCUT2D eigenvalue weighted by Crippen LogP contribution is 2.34. The average molecular weight is 390 g/mol. The maximum absolute atomic E-state index is 13.6. The first-order valence-corrected chi connectivity index (χ1v) is 7.46. The quantitative estimate of drug-likeness (QED) is 0.567. The first-order valence-electron chi connectivity index (χ1n) is 5.75. The van der Waals surface area contributed by atoms with Crippen molar-refractivity contribution in [1.29, 1.82) is 0 Å². The van der Waals surface area contributed by atoms with Gasteiger partial charge in [0, 0.05) is 4.47 Å². The van der Waals surface area contributed by atoms with Gasteiger partial charge in [-0.2, -0.15) is 0 Å². The molecule has 0 bridgehead atoms. The molecule has 0 aliphatic rings. The second kappa shape index (κ2) is 5.71. The average Bonchev–Trinajstić information content (AvgIpc) is 2.33. The van der Waals surface area contributed by atoms with Gasteiger partial charge in [-0.15, -0.1) is 0 Å². The first kappa shape index (κ1) is 14.7. The summed E-state index contributed by atoms with van der Waals surface area (Å²) in [6, 6.07) is 8.28. The van der Waals surface area contributed by atoms with Gasteiger partial charge in [-0.3, -0.25) is 0 Å². The zero-order chi connectivity index (χ0) is 14.2. The van der Waals surface area contributed by atoms with Crippen LogP contribution in [0.15, 0.2) is 34.8 Å². The van der Waals surface area contributed by atoms with Crippen LogP contribution in [-0.4, -0.2) is 0 Å². The molecule has 1 atom stereocenters. The topological polar surface area (TPSA) is 0 Å². The molecule has 0 N–H and O–H groups in total. The second-order valence-electron chi connectivity index (χ2n) is 4.53. The van der Waals surface area contributed by atoms with Crippen molar-refractivity contribution in [3.63, 3.8) is 0 Å². The summed E-state index contributed by atoms with van der Waals surface area (Å²) in [6.45, 7) is 3.46. The predicted octanol–water partition coefficient (Wildman–Crippen LogP) is 5.83. The minimum atomic E-state index is -0.301. The number of hydrogen-bond acceptors (Lipinski definition) is 0. The summed E-state index contributed by atoms with van der Waals surface area (Å²) in [5, 5.41) is 0. The van der Waals surface area contributed by atoms with Crippen molar-refractivity contribution in [1.82, 2.24) is 0 Å². The van der Waals surface area contributed by atoms with Crippen LogP contribution in [0.2, 0.25) is 0 Å². The lowest BCUT2D eigenvalue weighted by atomic mass is 10.00. The van der Waals surface area contributed by atoms with Gasteiger partial charge in [0.1, 0.15) is 11.6 Å². The zero-order valence-electron chi connectivity index (χ0n) is 10.5. The Labute approximate surface area is 128 Å². The highest BCUT2D eigenvalue weighted by atomic mass is 79.9. The maximum Gasteiger partial charge on any atom is 0.129 e. The van der Waals surface area contributed by atoms with E-state index in [1.165, 1.54) is 12.1 Å². The molecule has 0 heterocycles. The third-order valence-corrected chi connectivity index (χ3v) is 4.44. The number of aryl methyl sites for hydroxylation is 2. The Morgan fingerprint density at radius 3 is 1.95 bits per heavy atom. The number of rotatable bonds is 2. The molecule has 1 unspecified atom stereocenters. The van der Waals surface area contributed by atoms with Gasteiger partial charge in [0.25, 0.3) is 0 Å². The Kier molecular flexibility index (Phi) is 4.41. The molecule has 2 aromatic rings. The Morgan fingerprint density at radius 1 is 0.895 bits per heavy atom. The standard InChI is InChI=1S/C15H12Br2F2/c1-8-3-10(4-9(2)15(8)19)14(17)11-5-12(16)7-13(18)6-11/h3-7,14H,1-2H3. The van der Waals surface area contributed by atoms with E-state index in [1.807, 2.05) is 6.07 Å². The van der Waals surface area contributed by atoms with Gasteiger partial charge in [-0.05, 0) is 54.3 Å². The van der Waals surface area contributed by atoms with Crippen LogP contribution in [0, 0.1) is 25.5 Å². The highest BCUT2D eigenvalue weighted by molar-refractivity contribution is 9.10. The smallest absolute Gasteiger partial charge is 0.129 e. The van der Waals surface area contributed by atoms with E-state index >= 15 is 0 Å². The van der Waals surface area contributed by atoms with E-state index in [-0.39, 0.29) is 16.5 Å². The molecule has 100 valence electrons. The van der Waals surface area contributed by atoms with Crippen molar-refractivity contribution < 1.29 is 8.78 Å². The highest BCUT2D eigenvalue weighted by Gasteiger charge is 2.15. The molecule has 4 heteroatoms. The van der Waals surface area contributed by atoms with Gasteiger partial charge in [-0.25, -0.2) is 8.78 Å². The molecule has 0 fully saturated rings. The van der Waals surface area contributed by atoms with Crippen LogP contribution in [0.25, 0.3) is 0 Å². The van der Waals surface area contributed by atoms with Crippen LogP contribution in [0.3, 0.4) is 0 Å². The number of alkyl halides is 1. The largest absolute Gasteiger partial charge is 0.207 e. The van der Waals surface area contributed by atoms with Gasteiger partial charge in [-0.1, -0.05) is 44.0 Å². The minimum Gasteiger partial charge on any atom is -0.207 e. The molecule has 2 rings (SSSR count). The molecule has 0 aromatic heterocycles. The normalized spacial score (nSPS) is 12.5. The van der Waals surface area contributed by atoms with Gasteiger partial charge in [0.2, 0.25) is 0 Å². The SMILES string of the molecule is Cc1cc(C(Br)c2cc(F)cc(Br)c2)cc(C)c1F. The first-order chi connectivity index (χ1) is 8.88. The summed E-state index contributed by atoms with van der Waals surface area (Å²) in [6.07, 6.45) is 0. The van der Waals surface area contributed by atoms with E-state index in [2.05, 4.69) is 31.9 Å². The molecule has 2 aromatic carbocycles. The van der Waals surface area contributed by atoms with E-state index in [0.29, 0.717) is 15.6 Å². The summed E-state index contributed by atoms with van der Waals surface area (Å²) in [5.41, 5.74) is 2.89. The Balaban J connectivity index is 2.46. The Morgan fingerprint density at radius 2 is 1.42 bits per heavy atom. The molecule has 0 saturated heterocycles. The molecule has 0 aliphatic carbocycles. The Hall–Kier alpha value is -0.740. The van der Waals surface area contributed by atoms with Gasteiger partial charge in [0.15, 0.2) is 0 Å². The molecule has 0 radical (unpaired) electrons. The lowest BCUT2D eigenvalue weighted by molar-refractivity contribution is 0.608. The molecule has 0 amide bonds. The fourth-order valence-electron chi connectivity index (χ4n) is 2.04. The van der Waals surface area contributed by atoms with Crippen LogP contribution in [0.1, 0.15) is 27.1 Å². The van der Waals surface area contributed by atoms with E-state index in [1.54, 1.807) is 26.0 Å². The monoisotopic (exact) mass is 388 g/mol. The molecule has 0 nitrogen and oxygen atoms in total. The van der Waals surface area contributed by atoms with Crippen LogP contribution in [0.5, 0.6) is 0 Å². The summed E-state index contributed by atoms with van der Waals surface area (Å²) in [5.74, 6) is -0.492. The van der Waals surface area contributed by atoms with Crippen LogP contribution in [-0.2, 0) is 0 Å². The number of halogens is 4. The molecule has 0 spiro atoms. The lowest BCUT2D eigenvalue weighted by Crippen LogP contribution is -1.98. The van der Waals surface area contributed by atoms with Crippen molar-refractivity contribution in [3.8, 4) is 0 Å².